The van der Waals surface area contributed by atoms with Gasteiger partial charge < -0.3 is 10.2 Å². The first-order chi connectivity index (χ1) is 17.8. The summed E-state index contributed by atoms with van der Waals surface area (Å²) >= 11 is 0. The zero-order valence-electron chi connectivity index (χ0n) is 20.9. The predicted molar refractivity (Wildman–Crippen MR) is 143 cm³/mol. The van der Waals surface area contributed by atoms with Gasteiger partial charge in [-0.25, -0.2) is 8.42 Å². The number of pyridine rings is 3. The van der Waals surface area contributed by atoms with Crippen molar-refractivity contribution in [2.24, 2.45) is 0 Å². The minimum Gasteiger partial charge on any atom is -0.371 e. The third-order valence-electron chi connectivity index (χ3n) is 6.80. The highest BCUT2D eigenvalue weighted by molar-refractivity contribution is 7.90. The molecule has 0 saturated carbocycles. The molecule has 1 atom stereocenters. The number of anilines is 1. The fraction of sp³-hybridized carbons (Fsp3) is 0.286. The second-order valence-electron chi connectivity index (χ2n) is 9.53. The van der Waals surface area contributed by atoms with Crippen molar-refractivity contribution in [3.63, 3.8) is 0 Å². The molecule has 9 heteroatoms. The number of nitrogens with one attached hydrogen (secondary N) is 1. The molecule has 4 aromatic rings. The van der Waals surface area contributed by atoms with E-state index in [2.05, 4.69) is 32.3 Å². The minimum atomic E-state index is -3.42. The lowest BCUT2D eigenvalue weighted by Gasteiger charge is -2.34. The van der Waals surface area contributed by atoms with Gasteiger partial charge in [0.05, 0.1) is 22.7 Å². The Morgan fingerprint density at radius 3 is 2.70 bits per heavy atom. The van der Waals surface area contributed by atoms with Crippen LogP contribution in [0.15, 0.2) is 72.0 Å². The van der Waals surface area contributed by atoms with Gasteiger partial charge in [0.25, 0.3) is 5.91 Å². The molecular weight excluding hydrogens is 486 g/mol. The Kier molecular flexibility index (Phi) is 6.88. The molecule has 0 unspecified atom stereocenters. The van der Waals surface area contributed by atoms with Gasteiger partial charge in [0.1, 0.15) is 0 Å². The number of carbonyl (C=O) groups is 1. The van der Waals surface area contributed by atoms with Gasteiger partial charge in [-0.1, -0.05) is 6.07 Å². The van der Waals surface area contributed by atoms with E-state index in [0.29, 0.717) is 22.7 Å². The molecule has 1 N–H and O–H groups in total. The number of rotatable bonds is 6. The average molecular weight is 516 g/mol. The standard InChI is InChI=1S/C28H29N5O3S/c1-19-5-6-20(14-27(19)37(2,35)36)28(34)31-17-23-15-26-21(16-30-23)7-8-25(32-26)22-4-3-13-33(18-22)24-9-11-29-12-10-24/h5-12,14-16,22H,3-4,13,17-18H2,1-2H3,(H,31,34)/t22-/m0/s1. The molecule has 5 rings (SSSR count). The molecule has 1 saturated heterocycles. The number of hydrogen-bond acceptors (Lipinski definition) is 7. The molecule has 4 heterocycles. The van der Waals surface area contributed by atoms with Crippen molar-refractivity contribution in [3.8, 4) is 0 Å². The largest absolute Gasteiger partial charge is 0.371 e. The van der Waals surface area contributed by atoms with Crippen molar-refractivity contribution >= 4 is 32.3 Å². The normalized spacial score (nSPS) is 16.1. The fourth-order valence-electron chi connectivity index (χ4n) is 4.82. The third-order valence-corrected chi connectivity index (χ3v) is 8.04. The predicted octanol–water partition coefficient (Wildman–Crippen LogP) is 4.05. The number of benzene rings is 1. The number of nitrogens with zero attached hydrogens (tertiary/aromatic N) is 4. The van der Waals surface area contributed by atoms with E-state index in [-0.39, 0.29) is 17.3 Å². The monoisotopic (exact) mass is 515 g/mol. The Labute approximate surface area is 216 Å². The van der Waals surface area contributed by atoms with Crippen LogP contribution < -0.4 is 10.2 Å². The molecule has 1 aliphatic heterocycles. The van der Waals surface area contributed by atoms with E-state index in [1.54, 1.807) is 25.3 Å². The van der Waals surface area contributed by atoms with E-state index in [4.69, 9.17) is 4.98 Å². The second kappa shape index (κ2) is 10.3. The van der Waals surface area contributed by atoms with Crippen LogP contribution in [0.5, 0.6) is 0 Å². The van der Waals surface area contributed by atoms with Gasteiger partial charge in [-0.2, -0.15) is 0 Å². The fourth-order valence-corrected chi connectivity index (χ4v) is 5.81. The Morgan fingerprint density at radius 1 is 1.11 bits per heavy atom. The van der Waals surface area contributed by atoms with Gasteiger partial charge in [0, 0.05) is 66.2 Å². The quantitative estimate of drug-likeness (QED) is 0.413. The van der Waals surface area contributed by atoms with Crippen LogP contribution in [0.3, 0.4) is 0 Å². The van der Waals surface area contributed by atoms with Gasteiger partial charge >= 0.3 is 0 Å². The first-order valence-electron chi connectivity index (χ1n) is 12.3. The Morgan fingerprint density at radius 2 is 1.92 bits per heavy atom. The lowest BCUT2D eigenvalue weighted by atomic mass is 9.93. The molecular formula is C28H29N5O3S. The van der Waals surface area contributed by atoms with Crippen LogP contribution in [0.4, 0.5) is 5.69 Å². The van der Waals surface area contributed by atoms with Crippen LogP contribution in [0.1, 0.15) is 46.1 Å². The number of fused-ring (bicyclic) bond motifs is 1. The lowest BCUT2D eigenvalue weighted by Crippen LogP contribution is -2.34. The van der Waals surface area contributed by atoms with Gasteiger partial charge in [-0.05, 0) is 67.8 Å². The second-order valence-corrected chi connectivity index (χ2v) is 11.5. The number of amides is 1. The number of aromatic nitrogens is 3. The maximum Gasteiger partial charge on any atom is 0.251 e. The summed E-state index contributed by atoms with van der Waals surface area (Å²) in [6.45, 7) is 3.85. The van der Waals surface area contributed by atoms with E-state index in [1.165, 1.54) is 11.8 Å². The van der Waals surface area contributed by atoms with Gasteiger partial charge in [0.15, 0.2) is 9.84 Å². The molecule has 0 aliphatic carbocycles. The van der Waals surface area contributed by atoms with Gasteiger partial charge in [-0.3, -0.25) is 19.7 Å². The average Bonchev–Trinajstić information content (AvgIpc) is 2.91. The molecule has 3 aromatic heterocycles. The third kappa shape index (κ3) is 5.61. The first kappa shape index (κ1) is 24.8. The first-order valence-corrected chi connectivity index (χ1v) is 14.2. The maximum absolute atomic E-state index is 12.7. The van der Waals surface area contributed by atoms with Gasteiger partial charge in [0.2, 0.25) is 0 Å². The summed E-state index contributed by atoms with van der Waals surface area (Å²) in [5.74, 6) is -0.0277. The molecule has 190 valence electrons. The molecule has 37 heavy (non-hydrogen) atoms. The van der Waals surface area contributed by atoms with Crippen LogP contribution in [0, 0.1) is 6.92 Å². The zero-order chi connectivity index (χ0) is 26.0. The molecule has 0 radical (unpaired) electrons. The number of carbonyl (C=O) groups excluding carboxylic acids is 1. The van der Waals surface area contributed by atoms with Crippen molar-refractivity contribution < 1.29 is 13.2 Å². The number of piperidine rings is 1. The van der Waals surface area contributed by atoms with E-state index in [9.17, 15) is 13.2 Å². The van der Waals surface area contributed by atoms with Crippen LogP contribution in [0.2, 0.25) is 0 Å². The highest BCUT2D eigenvalue weighted by atomic mass is 32.2. The summed E-state index contributed by atoms with van der Waals surface area (Å²) in [4.78, 5) is 28.8. The van der Waals surface area contributed by atoms with Crippen LogP contribution in [-0.4, -0.2) is 48.6 Å². The number of hydrogen-bond donors (Lipinski definition) is 1. The maximum atomic E-state index is 12.7. The van der Waals surface area contributed by atoms with Crippen molar-refractivity contribution in [2.45, 2.75) is 37.1 Å². The summed E-state index contributed by atoms with van der Waals surface area (Å²) in [5.41, 5.74) is 4.66. The van der Waals surface area contributed by atoms with E-state index in [0.717, 1.165) is 48.8 Å². The molecule has 0 bridgehead atoms. The summed E-state index contributed by atoms with van der Waals surface area (Å²) in [5, 5.41) is 3.79. The van der Waals surface area contributed by atoms with E-state index in [1.807, 2.05) is 30.6 Å². The molecule has 1 aromatic carbocycles. The lowest BCUT2D eigenvalue weighted by molar-refractivity contribution is 0.0950. The topological polar surface area (TPSA) is 105 Å². The Balaban J connectivity index is 1.30. The van der Waals surface area contributed by atoms with E-state index >= 15 is 0 Å². The van der Waals surface area contributed by atoms with Gasteiger partial charge in [-0.15, -0.1) is 0 Å². The van der Waals surface area contributed by atoms with Crippen molar-refractivity contribution in [3.05, 3.63) is 89.6 Å². The summed E-state index contributed by atoms with van der Waals surface area (Å²) < 4.78 is 24.0. The molecule has 0 spiro atoms. The molecule has 8 nitrogen and oxygen atoms in total. The Hall–Kier alpha value is -3.85. The smallest absolute Gasteiger partial charge is 0.251 e. The highest BCUT2D eigenvalue weighted by Crippen LogP contribution is 2.30. The molecule has 1 aliphatic rings. The van der Waals surface area contributed by atoms with Crippen molar-refractivity contribution in [1.29, 1.82) is 0 Å². The number of sulfone groups is 1. The molecule has 1 fully saturated rings. The minimum absolute atomic E-state index is 0.158. The molecule has 1 amide bonds. The van der Waals surface area contributed by atoms with Crippen LogP contribution in [-0.2, 0) is 16.4 Å². The van der Waals surface area contributed by atoms with Crippen LogP contribution >= 0.6 is 0 Å². The summed E-state index contributed by atoms with van der Waals surface area (Å²) in [7, 11) is -3.42. The van der Waals surface area contributed by atoms with Crippen LogP contribution in [0.25, 0.3) is 10.9 Å². The SMILES string of the molecule is Cc1ccc(C(=O)NCc2cc3nc([C@H]4CCCN(c5ccncc5)C4)ccc3cn2)cc1S(C)(=O)=O. The van der Waals surface area contributed by atoms with Crippen molar-refractivity contribution in [2.75, 3.05) is 24.2 Å². The van der Waals surface area contributed by atoms with Crippen molar-refractivity contribution in [1.82, 2.24) is 20.3 Å². The van der Waals surface area contributed by atoms with E-state index < -0.39 is 9.84 Å². The summed E-state index contributed by atoms with van der Waals surface area (Å²) in [6.07, 6.45) is 8.74. The summed E-state index contributed by atoms with van der Waals surface area (Å²) in [6, 6.07) is 14.8. The number of aryl methyl sites for hydroxylation is 1. The highest BCUT2D eigenvalue weighted by Gasteiger charge is 2.23. The zero-order valence-corrected chi connectivity index (χ0v) is 21.7. The Bertz CT molecular complexity index is 1560.